The number of fused-ring (bicyclic) bond motifs is 1. The van der Waals surface area contributed by atoms with E-state index in [2.05, 4.69) is 15.5 Å². The Morgan fingerprint density at radius 1 is 1.00 bits per heavy atom. The molecule has 10 heteroatoms. The van der Waals surface area contributed by atoms with Crippen molar-refractivity contribution in [3.05, 3.63) is 59.0 Å². The molecule has 9 nitrogen and oxygen atoms in total. The number of carbonyl (C=O) groups is 1. The Morgan fingerprint density at radius 2 is 1.84 bits per heavy atom. The maximum absolute atomic E-state index is 12.3. The summed E-state index contributed by atoms with van der Waals surface area (Å²) in [6.45, 7) is 0. The van der Waals surface area contributed by atoms with E-state index in [-0.39, 0.29) is 16.9 Å². The minimum absolute atomic E-state index is 0.0788. The van der Waals surface area contributed by atoms with Crippen LogP contribution in [0.25, 0.3) is 22.4 Å². The van der Waals surface area contributed by atoms with Gasteiger partial charge in [-0.05, 0) is 42.5 Å². The van der Waals surface area contributed by atoms with Crippen molar-refractivity contribution in [2.75, 3.05) is 25.3 Å². The number of aromatic nitrogens is 2. The third-order valence-electron chi connectivity index (χ3n) is 4.27. The molecule has 0 fully saturated rings. The molecule has 4 aromatic rings. The molecule has 0 radical (unpaired) electrons. The van der Waals surface area contributed by atoms with Crippen molar-refractivity contribution in [1.82, 2.24) is 10.2 Å². The molecule has 2 aromatic carbocycles. The number of amides is 1. The zero-order chi connectivity index (χ0) is 21.8. The van der Waals surface area contributed by atoms with Crippen LogP contribution in [0.15, 0.2) is 67.4 Å². The molecular formula is C21H17N3O6S. The predicted molar refractivity (Wildman–Crippen MR) is 115 cm³/mol. The van der Waals surface area contributed by atoms with Gasteiger partial charge >= 0.3 is 5.63 Å². The molecule has 0 spiro atoms. The second-order valence-electron chi connectivity index (χ2n) is 6.29. The van der Waals surface area contributed by atoms with Crippen LogP contribution in [-0.2, 0) is 4.79 Å². The maximum Gasteiger partial charge on any atom is 0.336 e. The van der Waals surface area contributed by atoms with E-state index in [1.807, 2.05) is 0 Å². The Hall–Kier alpha value is -3.79. The summed E-state index contributed by atoms with van der Waals surface area (Å²) in [6.07, 6.45) is 0. The third-order valence-corrected chi connectivity index (χ3v) is 5.09. The van der Waals surface area contributed by atoms with Gasteiger partial charge in [0.1, 0.15) is 5.58 Å². The molecule has 2 aromatic heterocycles. The van der Waals surface area contributed by atoms with Gasteiger partial charge in [-0.2, -0.15) is 0 Å². The van der Waals surface area contributed by atoms with Crippen molar-refractivity contribution in [3.8, 4) is 23.0 Å². The molecule has 1 amide bonds. The normalized spacial score (nSPS) is 10.8. The number of rotatable bonds is 7. The van der Waals surface area contributed by atoms with Crippen LogP contribution in [0, 0.1) is 0 Å². The van der Waals surface area contributed by atoms with Gasteiger partial charge in [0, 0.05) is 22.7 Å². The first-order valence-corrected chi connectivity index (χ1v) is 10.1. The second-order valence-corrected chi connectivity index (χ2v) is 7.21. The molecule has 2 heterocycles. The zero-order valence-corrected chi connectivity index (χ0v) is 17.4. The molecule has 31 heavy (non-hydrogen) atoms. The van der Waals surface area contributed by atoms with Crippen molar-refractivity contribution in [2.24, 2.45) is 0 Å². The van der Waals surface area contributed by atoms with E-state index in [1.165, 1.54) is 6.07 Å². The standard InChI is InChI=1S/C21H17N3O6S/c1-27-16-6-3-13(10-17(16)28-2)20-23-24-21(30-20)31-11-18(25)22-14-5-7-15-12(9-14)4-8-19(26)29-15/h3-10H,11H2,1-2H3,(H,22,25). The number of nitrogens with one attached hydrogen (secondary N) is 1. The number of benzene rings is 2. The number of hydrogen-bond donors (Lipinski definition) is 1. The first-order valence-electron chi connectivity index (χ1n) is 9.08. The Bertz CT molecular complexity index is 1300. The molecular weight excluding hydrogens is 422 g/mol. The number of anilines is 1. The summed E-state index contributed by atoms with van der Waals surface area (Å²) in [4.78, 5) is 23.5. The van der Waals surface area contributed by atoms with Gasteiger partial charge in [0.2, 0.25) is 11.8 Å². The summed E-state index contributed by atoms with van der Waals surface area (Å²) in [5.41, 5.74) is 1.29. The highest BCUT2D eigenvalue weighted by atomic mass is 32.2. The van der Waals surface area contributed by atoms with Crippen LogP contribution in [0.3, 0.4) is 0 Å². The highest BCUT2D eigenvalue weighted by Gasteiger charge is 2.14. The number of thioether (sulfide) groups is 1. The summed E-state index contributed by atoms with van der Waals surface area (Å²) in [5, 5.41) is 11.7. The second kappa shape index (κ2) is 8.92. The summed E-state index contributed by atoms with van der Waals surface area (Å²) < 4.78 is 21.2. The molecule has 0 unspecified atom stereocenters. The van der Waals surface area contributed by atoms with E-state index in [9.17, 15) is 9.59 Å². The lowest BCUT2D eigenvalue weighted by Gasteiger charge is -2.07. The minimum atomic E-state index is -0.423. The van der Waals surface area contributed by atoms with E-state index in [0.717, 1.165) is 11.8 Å². The lowest BCUT2D eigenvalue weighted by Crippen LogP contribution is -2.14. The summed E-state index contributed by atoms with van der Waals surface area (Å²) in [7, 11) is 3.10. The van der Waals surface area contributed by atoms with Gasteiger partial charge < -0.3 is 23.6 Å². The van der Waals surface area contributed by atoms with Crippen LogP contribution in [-0.4, -0.2) is 36.1 Å². The fraction of sp³-hybridized carbons (Fsp3) is 0.143. The zero-order valence-electron chi connectivity index (χ0n) is 16.6. The fourth-order valence-corrected chi connectivity index (χ4v) is 3.39. The number of ether oxygens (including phenoxy) is 2. The molecule has 0 bridgehead atoms. The Balaban J connectivity index is 1.39. The molecule has 0 aliphatic carbocycles. The SMILES string of the molecule is COc1ccc(-c2nnc(SCC(=O)Nc3ccc4oc(=O)ccc4c3)o2)cc1OC. The lowest BCUT2D eigenvalue weighted by atomic mass is 10.2. The lowest BCUT2D eigenvalue weighted by molar-refractivity contribution is -0.113. The number of methoxy groups -OCH3 is 2. The van der Waals surface area contributed by atoms with Crippen molar-refractivity contribution in [2.45, 2.75) is 5.22 Å². The van der Waals surface area contributed by atoms with Gasteiger partial charge in [-0.1, -0.05) is 11.8 Å². The van der Waals surface area contributed by atoms with Crippen molar-refractivity contribution in [1.29, 1.82) is 0 Å². The molecule has 0 atom stereocenters. The molecule has 0 aliphatic heterocycles. The first kappa shape index (κ1) is 20.5. The van der Waals surface area contributed by atoms with E-state index in [4.69, 9.17) is 18.3 Å². The van der Waals surface area contributed by atoms with Gasteiger partial charge in [0.25, 0.3) is 5.22 Å². The molecule has 0 aliphatic rings. The topological polar surface area (TPSA) is 117 Å². The van der Waals surface area contributed by atoms with E-state index >= 15 is 0 Å². The van der Waals surface area contributed by atoms with Crippen LogP contribution in [0.5, 0.6) is 11.5 Å². The fourth-order valence-electron chi connectivity index (χ4n) is 2.83. The van der Waals surface area contributed by atoms with Gasteiger partial charge in [-0.15, -0.1) is 10.2 Å². The number of carbonyl (C=O) groups excluding carboxylic acids is 1. The minimum Gasteiger partial charge on any atom is -0.493 e. The predicted octanol–water partition coefficient (Wildman–Crippen LogP) is 3.59. The van der Waals surface area contributed by atoms with Crippen LogP contribution >= 0.6 is 11.8 Å². The smallest absolute Gasteiger partial charge is 0.336 e. The first-order chi connectivity index (χ1) is 15.1. The highest BCUT2D eigenvalue weighted by Crippen LogP contribution is 2.32. The molecule has 0 saturated heterocycles. The van der Waals surface area contributed by atoms with E-state index in [1.54, 1.807) is 56.7 Å². The van der Waals surface area contributed by atoms with Gasteiger partial charge in [-0.25, -0.2) is 4.79 Å². The monoisotopic (exact) mass is 439 g/mol. The van der Waals surface area contributed by atoms with Crippen LogP contribution in [0.2, 0.25) is 0 Å². The molecule has 1 N–H and O–H groups in total. The van der Waals surface area contributed by atoms with Gasteiger partial charge in [-0.3, -0.25) is 4.79 Å². The summed E-state index contributed by atoms with van der Waals surface area (Å²) in [6, 6.07) is 13.2. The van der Waals surface area contributed by atoms with Crippen molar-refractivity contribution in [3.63, 3.8) is 0 Å². The van der Waals surface area contributed by atoms with Gasteiger partial charge in [0.05, 0.1) is 20.0 Å². The molecule has 0 saturated carbocycles. The van der Waals surface area contributed by atoms with Crippen LogP contribution < -0.4 is 20.4 Å². The number of hydrogen-bond acceptors (Lipinski definition) is 9. The van der Waals surface area contributed by atoms with Crippen molar-refractivity contribution >= 4 is 34.3 Å². The molecule has 158 valence electrons. The summed E-state index contributed by atoms with van der Waals surface area (Å²) >= 11 is 1.12. The van der Waals surface area contributed by atoms with E-state index in [0.29, 0.717) is 39.6 Å². The van der Waals surface area contributed by atoms with E-state index < -0.39 is 5.63 Å². The van der Waals surface area contributed by atoms with Gasteiger partial charge in [0.15, 0.2) is 11.5 Å². The molecule has 4 rings (SSSR count). The Kier molecular flexibility index (Phi) is 5.89. The van der Waals surface area contributed by atoms with Crippen molar-refractivity contribution < 1.29 is 23.1 Å². The van der Waals surface area contributed by atoms with Crippen LogP contribution in [0.4, 0.5) is 5.69 Å². The average molecular weight is 439 g/mol. The maximum atomic E-state index is 12.3. The third kappa shape index (κ3) is 4.69. The quantitative estimate of drug-likeness (QED) is 0.340. The number of nitrogens with zero attached hydrogens (tertiary/aromatic N) is 2. The van der Waals surface area contributed by atoms with Crippen LogP contribution in [0.1, 0.15) is 0 Å². The summed E-state index contributed by atoms with van der Waals surface area (Å²) in [5.74, 6) is 1.27. The highest BCUT2D eigenvalue weighted by molar-refractivity contribution is 7.99. The average Bonchev–Trinajstić information content (AvgIpc) is 3.26. The largest absolute Gasteiger partial charge is 0.493 e. The Labute approximate surface area is 180 Å². The Morgan fingerprint density at radius 3 is 2.65 bits per heavy atom.